The second-order valence-electron chi connectivity index (χ2n) is 8.93. The lowest BCUT2D eigenvalue weighted by Gasteiger charge is -2.38. The largest absolute Gasteiger partial charge is 0.375 e. The minimum atomic E-state index is -3.96. The van der Waals surface area contributed by atoms with Gasteiger partial charge < -0.3 is 29.2 Å². The first-order valence-corrected chi connectivity index (χ1v) is 13.4. The van der Waals surface area contributed by atoms with Crippen LogP contribution in [-0.4, -0.2) is 74.0 Å². The van der Waals surface area contributed by atoms with E-state index in [0.29, 0.717) is 57.5 Å². The van der Waals surface area contributed by atoms with Crippen LogP contribution in [0.4, 0.5) is 5.82 Å². The summed E-state index contributed by atoms with van der Waals surface area (Å²) in [6.07, 6.45) is 5.06. The number of carbonyl (C=O) groups is 1. The highest BCUT2D eigenvalue weighted by Crippen LogP contribution is 2.32. The van der Waals surface area contributed by atoms with E-state index >= 15 is 0 Å². The summed E-state index contributed by atoms with van der Waals surface area (Å²) in [6, 6.07) is 9.72. The maximum Gasteiger partial charge on any atom is 0.241 e. The molecule has 5 rings (SSSR count). The third-order valence-corrected chi connectivity index (χ3v) is 8.36. The van der Waals surface area contributed by atoms with E-state index in [1.54, 1.807) is 29.3 Å². The highest BCUT2D eigenvalue weighted by atomic mass is 32.2. The Hall–Kier alpha value is -2.86. The predicted octanol–water partition coefficient (Wildman–Crippen LogP) is 2.11. The van der Waals surface area contributed by atoms with Gasteiger partial charge in [0.2, 0.25) is 15.9 Å². The third-order valence-electron chi connectivity index (χ3n) is 6.83. The number of aromatic nitrogens is 2. The van der Waals surface area contributed by atoms with Crippen molar-refractivity contribution >= 4 is 32.7 Å². The summed E-state index contributed by atoms with van der Waals surface area (Å²) in [7, 11) is -2.14. The Morgan fingerprint density at radius 2 is 1.91 bits per heavy atom. The van der Waals surface area contributed by atoms with Crippen LogP contribution in [0.3, 0.4) is 0 Å². The number of carbonyl (C=O) groups excluding carboxylic acids is 1. The fourth-order valence-corrected chi connectivity index (χ4v) is 6.40. The number of aromatic amines is 1. The number of ether oxygens (including phenoxy) is 2. The Kier molecular flexibility index (Phi) is 6.58. The van der Waals surface area contributed by atoms with Crippen molar-refractivity contribution in [3.05, 3.63) is 48.8 Å². The van der Waals surface area contributed by atoms with Crippen LogP contribution in [0.15, 0.2) is 53.7 Å². The molecule has 3 aromatic rings. The first-order valence-electron chi connectivity index (χ1n) is 11.9. The van der Waals surface area contributed by atoms with E-state index in [1.807, 2.05) is 36.0 Å². The van der Waals surface area contributed by atoms with Gasteiger partial charge in [-0.2, -0.15) is 4.72 Å². The van der Waals surface area contributed by atoms with Crippen molar-refractivity contribution in [1.29, 1.82) is 0 Å². The van der Waals surface area contributed by atoms with Gasteiger partial charge in [-0.1, -0.05) is 6.07 Å². The molecule has 1 atom stereocenters. The lowest BCUT2D eigenvalue weighted by atomic mass is 10.0. The fraction of sp³-hybridized carbons (Fsp3) is 0.458. The van der Waals surface area contributed by atoms with Gasteiger partial charge >= 0.3 is 0 Å². The van der Waals surface area contributed by atoms with Gasteiger partial charge in [-0.3, -0.25) is 4.79 Å². The van der Waals surface area contributed by atoms with Crippen molar-refractivity contribution in [2.24, 2.45) is 0 Å². The molecule has 4 heterocycles. The molecule has 0 bridgehead atoms. The van der Waals surface area contributed by atoms with Crippen LogP contribution in [0.2, 0.25) is 0 Å². The van der Waals surface area contributed by atoms with Gasteiger partial charge in [0.25, 0.3) is 0 Å². The second kappa shape index (κ2) is 9.65. The zero-order valence-electron chi connectivity index (χ0n) is 19.7. The molecule has 35 heavy (non-hydrogen) atoms. The van der Waals surface area contributed by atoms with E-state index in [1.165, 1.54) is 0 Å². The molecule has 1 spiro atoms. The molecule has 2 aliphatic rings. The molecule has 188 valence electrons. The molecule has 3 N–H and O–H groups in total. The van der Waals surface area contributed by atoms with Gasteiger partial charge in [0.05, 0.1) is 18.1 Å². The summed E-state index contributed by atoms with van der Waals surface area (Å²) in [5, 5.41) is 3.70. The van der Waals surface area contributed by atoms with Crippen LogP contribution in [0.1, 0.15) is 19.3 Å². The molecule has 11 heteroatoms. The normalized spacial score (nSPS) is 18.8. The molecular formula is C24H31N5O5S. The third kappa shape index (κ3) is 4.81. The standard InChI is InChI=1S/C24H31N5O5S/c1-25-22-6-3-12-28(22)13-8-20(23(30)29-14-9-24(10-15-29)33-16-17-34-24)27-35(31,32)21-5-2-4-19-18(21)7-11-26-19/h2-7,11-12,20,25-27H,8-10,13-17H2,1H3. The highest BCUT2D eigenvalue weighted by molar-refractivity contribution is 7.89. The van der Waals surface area contributed by atoms with Crippen molar-refractivity contribution in [3.63, 3.8) is 0 Å². The molecule has 2 fully saturated rings. The quantitative estimate of drug-likeness (QED) is 0.435. The molecule has 1 amide bonds. The molecule has 1 unspecified atom stereocenters. The van der Waals surface area contributed by atoms with Crippen LogP contribution in [0.25, 0.3) is 10.9 Å². The first-order chi connectivity index (χ1) is 16.9. The number of rotatable bonds is 8. The molecular weight excluding hydrogens is 470 g/mol. The van der Waals surface area contributed by atoms with E-state index in [2.05, 4.69) is 15.0 Å². The Balaban J connectivity index is 1.37. The molecule has 0 aliphatic carbocycles. The molecule has 2 aromatic heterocycles. The van der Waals surface area contributed by atoms with Crippen molar-refractivity contribution < 1.29 is 22.7 Å². The number of hydrogen-bond donors (Lipinski definition) is 3. The number of sulfonamides is 1. The Morgan fingerprint density at radius 3 is 2.66 bits per heavy atom. The fourth-order valence-electron chi connectivity index (χ4n) is 4.95. The number of benzene rings is 1. The van der Waals surface area contributed by atoms with Crippen LogP contribution in [-0.2, 0) is 30.8 Å². The zero-order valence-corrected chi connectivity index (χ0v) is 20.5. The minimum absolute atomic E-state index is 0.149. The smallest absolute Gasteiger partial charge is 0.241 e. The predicted molar refractivity (Wildman–Crippen MR) is 131 cm³/mol. The number of anilines is 1. The number of amides is 1. The topological polar surface area (TPSA) is 118 Å². The number of nitrogens with zero attached hydrogens (tertiary/aromatic N) is 2. The maximum atomic E-state index is 13.6. The molecule has 0 saturated carbocycles. The number of piperidine rings is 1. The second-order valence-corrected chi connectivity index (χ2v) is 10.6. The number of fused-ring (bicyclic) bond motifs is 1. The number of H-pyrrole nitrogens is 1. The Bertz CT molecular complexity index is 1280. The summed E-state index contributed by atoms with van der Waals surface area (Å²) in [4.78, 5) is 18.5. The minimum Gasteiger partial charge on any atom is -0.375 e. The van der Waals surface area contributed by atoms with Gasteiger partial charge in [-0.25, -0.2) is 8.42 Å². The summed E-state index contributed by atoms with van der Waals surface area (Å²) in [5.41, 5.74) is 0.722. The maximum absolute atomic E-state index is 13.6. The van der Waals surface area contributed by atoms with Crippen molar-refractivity contribution in [1.82, 2.24) is 19.2 Å². The lowest BCUT2D eigenvalue weighted by Crippen LogP contribution is -2.54. The van der Waals surface area contributed by atoms with Crippen LogP contribution >= 0.6 is 0 Å². The summed E-state index contributed by atoms with van der Waals surface area (Å²) < 4.78 is 43.2. The summed E-state index contributed by atoms with van der Waals surface area (Å²) in [5.74, 6) is 0.0511. The zero-order chi connectivity index (χ0) is 24.5. The Morgan fingerprint density at radius 1 is 1.14 bits per heavy atom. The van der Waals surface area contributed by atoms with Gasteiger partial charge in [0, 0.05) is 62.8 Å². The van der Waals surface area contributed by atoms with Crippen molar-refractivity contribution in [3.8, 4) is 0 Å². The van der Waals surface area contributed by atoms with Gasteiger partial charge in [0.15, 0.2) is 5.79 Å². The number of nitrogens with one attached hydrogen (secondary N) is 3. The SMILES string of the molecule is CNc1cccn1CCC(NS(=O)(=O)c1cccc2[nH]ccc12)C(=O)N1CCC2(CC1)OCCO2. The van der Waals surface area contributed by atoms with Gasteiger partial charge in [-0.15, -0.1) is 0 Å². The van der Waals surface area contributed by atoms with Crippen LogP contribution in [0, 0.1) is 0 Å². The Labute approximate surface area is 204 Å². The summed E-state index contributed by atoms with van der Waals surface area (Å²) in [6.45, 7) is 2.50. The van der Waals surface area contributed by atoms with E-state index in [0.717, 1.165) is 11.3 Å². The lowest BCUT2D eigenvalue weighted by molar-refractivity contribution is -0.187. The molecule has 0 radical (unpaired) electrons. The van der Waals surface area contributed by atoms with E-state index in [4.69, 9.17) is 9.47 Å². The van der Waals surface area contributed by atoms with Crippen molar-refractivity contribution in [2.45, 2.75) is 42.5 Å². The number of likely N-dealkylation sites (tertiary alicyclic amines) is 1. The van der Waals surface area contributed by atoms with E-state index in [9.17, 15) is 13.2 Å². The van der Waals surface area contributed by atoms with Crippen LogP contribution < -0.4 is 10.0 Å². The molecule has 1 aromatic carbocycles. The van der Waals surface area contributed by atoms with Crippen molar-refractivity contribution in [2.75, 3.05) is 38.7 Å². The number of aryl methyl sites for hydroxylation is 1. The van der Waals surface area contributed by atoms with E-state index < -0.39 is 21.9 Å². The average molecular weight is 502 g/mol. The van der Waals surface area contributed by atoms with Gasteiger partial charge in [-0.05, 0) is 36.8 Å². The molecule has 2 saturated heterocycles. The molecule has 10 nitrogen and oxygen atoms in total. The van der Waals surface area contributed by atoms with E-state index in [-0.39, 0.29) is 10.8 Å². The monoisotopic (exact) mass is 501 g/mol. The molecule has 2 aliphatic heterocycles. The average Bonchev–Trinajstić information content (AvgIpc) is 3.62. The van der Waals surface area contributed by atoms with Crippen LogP contribution in [0.5, 0.6) is 0 Å². The summed E-state index contributed by atoms with van der Waals surface area (Å²) >= 11 is 0. The number of hydrogen-bond acceptors (Lipinski definition) is 6. The highest BCUT2D eigenvalue weighted by Gasteiger charge is 2.42. The first kappa shape index (κ1) is 23.9. The van der Waals surface area contributed by atoms with Gasteiger partial charge in [0.1, 0.15) is 11.9 Å².